The van der Waals surface area contributed by atoms with Gasteiger partial charge in [0.2, 0.25) is 11.8 Å². The van der Waals surface area contributed by atoms with Crippen molar-refractivity contribution in [3.63, 3.8) is 0 Å². The van der Waals surface area contributed by atoms with E-state index in [-0.39, 0.29) is 24.1 Å². The van der Waals surface area contributed by atoms with Crippen molar-refractivity contribution in [3.8, 4) is 0 Å². The maximum Gasteiger partial charge on any atom is 0.249 e. The summed E-state index contributed by atoms with van der Waals surface area (Å²) in [5.41, 5.74) is 0.957. The Bertz CT molecular complexity index is 716. The molecule has 1 unspecified atom stereocenters. The molecule has 1 amide bonds. The lowest BCUT2D eigenvalue weighted by molar-refractivity contribution is -0.138. The van der Waals surface area contributed by atoms with Gasteiger partial charge in [0, 0.05) is 20.1 Å². The van der Waals surface area contributed by atoms with Gasteiger partial charge in [0.05, 0.1) is 6.10 Å². The molecule has 2 aromatic rings. The maximum atomic E-state index is 13.4. The van der Waals surface area contributed by atoms with Gasteiger partial charge in [0.25, 0.3) is 0 Å². The monoisotopic (exact) mass is 344 g/mol. The largest absolute Gasteiger partial charge is 0.380 e. The minimum atomic E-state index is -0.372. The highest BCUT2D eigenvalue weighted by atomic mass is 16.5. The zero-order chi connectivity index (χ0) is 18.0. The molecule has 0 spiro atoms. The molecular weight excluding hydrogens is 320 g/mol. The van der Waals surface area contributed by atoms with Gasteiger partial charge in [0.15, 0.2) is 5.82 Å². The molecule has 0 saturated carbocycles. The van der Waals surface area contributed by atoms with Crippen LogP contribution in [0.25, 0.3) is 0 Å². The number of likely N-dealkylation sites (tertiary alicyclic amines) is 1. The van der Waals surface area contributed by atoms with Crippen molar-refractivity contribution in [1.29, 1.82) is 0 Å². The van der Waals surface area contributed by atoms with Crippen LogP contribution in [0.1, 0.15) is 35.8 Å². The first-order valence-corrected chi connectivity index (χ1v) is 8.36. The second-order valence-corrected chi connectivity index (χ2v) is 6.56. The van der Waals surface area contributed by atoms with Gasteiger partial charge in [-0.2, -0.15) is 4.98 Å². The van der Waals surface area contributed by atoms with Crippen LogP contribution in [0.3, 0.4) is 0 Å². The predicted molar refractivity (Wildman–Crippen MR) is 91.8 cm³/mol. The van der Waals surface area contributed by atoms with Crippen molar-refractivity contribution >= 4 is 5.91 Å². The Morgan fingerprint density at radius 1 is 1.36 bits per heavy atom. The van der Waals surface area contributed by atoms with Crippen molar-refractivity contribution < 1.29 is 14.1 Å². The average Bonchev–Trinajstić information content (AvgIpc) is 3.21. The number of methoxy groups -OCH3 is 1. The molecule has 1 fully saturated rings. The van der Waals surface area contributed by atoms with E-state index >= 15 is 0 Å². The van der Waals surface area contributed by atoms with E-state index in [1.54, 1.807) is 18.9 Å². The van der Waals surface area contributed by atoms with E-state index in [9.17, 15) is 4.79 Å². The van der Waals surface area contributed by atoms with Crippen molar-refractivity contribution in [2.24, 2.45) is 0 Å². The topological polar surface area (TPSA) is 71.7 Å². The highest BCUT2D eigenvalue weighted by molar-refractivity contribution is 5.84. The minimum absolute atomic E-state index is 0.0107. The predicted octanol–water partition coefficient (Wildman–Crippen LogP) is 1.97. The number of nitrogens with zero attached hydrogens (tertiary/aromatic N) is 4. The van der Waals surface area contributed by atoms with Gasteiger partial charge in [-0.3, -0.25) is 9.69 Å². The van der Waals surface area contributed by atoms with E-state index in [0.29, 0.717) is 24.7 Å². The van der Waals surface area contributed by atoms with Crippen LogP contribution in [0.15, 0.2) is 34.9 Å². The van der Waals surface area contributed by atoms with E-state index in [2.05, 4.69) is 10.1 Å². The number of carbonyl (C=O) groups is 1. The number of aryl methyl sites for hydroxylation is 1. The number of hydrogen-bond donors (Lipinski definition) is 0. The SMILES string of the molecule is CO[C@H]1C[C@H](c2nc(C)no2)N(C(=O)C(c2ccccc2)N(C)C)C1. The zero-order valence-electron chi connectivity index (χ0n) is 15.0. The van der Waals surface area contributed by atoms with E-state index in [0.717, 1.165) is 5.56 Å². The highest BCUT2D eigenvalue weighted by Crippen LogP contribution is 2.35. The summed E-state index contributed by atoms with van der Waals surface area (Å²) in [5.74, 6) is 1.04. The van der Waals surface area contributed by atoms with Crippen molar-refractivity contribution in [1.82, 2.24) is 19.9 Å². The Hall–Kier alpha value is -2.25. The summed E-state index contributed by atoms with van der Waals surface area (Å²) >= 11 is 0. The molecule has 0 aliphatic carbocycles. The van der Waals surface area contributed by atoms with E-state index < -0.39 is 0 Å². The van der Waals surface area contributed by atoms with Gasteiger partial charge < -0.3 is 14.2 Å². The molecule has 0 radical (unpaired) electrons. The summed E-state index contributed by atoms with van der Waals surface area (Å²) in [5, 5.41) is 3.87. The number of benzene rings is 1. The van der Waals surface area contributed by atoms with Crippen LogP contribution >= 0.6 is 0 Å². The Labute approximate surface area is 147 Å². The van der Waals surface area contributed by atoms with Gasteiger partial charge in [0.1, 0.15) is 12.1 Å². The van der Waals surface area contributed by atoms with Crippen LogP contribution in [0.4, 0.5) is 0 Å². The molecule has 134 valence electrons. The maximum absolute atomic E-state index is 13.4. The van der Waals surface area contributed by atoms with Gasteiger partial charge in [-0.1, -0.05) is 35.5 Å². The van der Waals surface area contributed by atoms with Crippen molar-refractivity contribution in [2.45, 2.75) is 31.5 Å². The summed E-state index contributed by atoms with van der Waals surface area (Å²) in [6.45, 7) is 2.28. The van der Waals surface area contributed by atoms with Gasteiger partial charge >= 0.3 is 0 Å². The highest BCUT2D eigenvalue weighted by Gasteiger charge is 2.42. The first kappa shape index (κ1) is 17.6. The number of likely N-dealkylation sites (N-methyl/N-ethyl adjacent to an activating group) is 1. The first-order valence-electron chi connectivity index (χ1n) is 8.36. The Morgan fingerprint density at radius 2 is 2.08 bits per heavy atom. The molecule has 0 bridgehead atoms. The second kappa shape index (κ2) is 7.33. The lowest BCUT2D eigenvalue weighted by atomic mass is 10.0. The number of hydrogen-bond acceptors (Lipinski definition) is 6. The van der Waals surface area contributed by atoms with Gasteiger partial charge in [-0.05, 0) is 26.6 Å². The molecule has 0 N–H and O–H groups in total. The number of ether oxygens (including phenoxy) is 1. The molecule has 7 nitrogen and oxygen atoms in total. The number of aromatic nitrogens is 2. The zero-order valence-corrected chi connectivity index (χ0v) is 15.0. The molecule has 1 aromatic carbocycles. The van der Waals surface area contributed by atoms with Crippen LogP contribution in [-0.2, 0) is 9.53 Å². The van der Waals surface area contributed by atoms with Crippen LogP contribution in [-0.4, -0.2) is 59.7 Å². The third kappa shape index (κ3) is 3.57. The summed E-state index contributed by atoms with van der Waals surface area (Å²) in [6.07, 6.45) is 0.610. The van der Waals surface area contributed by atoms with Gasteiger partial charge in [-0.15, -0.1) is 0 Å². The molecule has 1 aromatic heterocycles. The first-order chi connectivity index (χ1) is 12.0. The lowest BCUT2D eigenvalue weighted by Gasteiger charge is -2.30. The molecular formula is C18H24N4O3. The standard InChI is InChI=1S/C18H24N4O3/c1-12-19-17(25-20-12)15-10-14(24-4)11-22(15)18(23)16(21(2)3)13-8-6-5-7-9-13/h5-9,14-16H,10-11H2,1-4H3/t14-,15+,16?/m0/s1. The van der Waals surface area contributed by atoms with Crippen LogP contribution < -0.4 is 0 Å². The molecule has 25 heavy (non-hydrogen) atoms. The summed E-state index contributed by atoms with van der Waals surface area (Å²) in [6, 6.07) is 9.14. The Kier molecular flexibility index (Phi) is 5.15. The Morgan fingerprint density at radius 3 is 2.64 bits per heavy atom. The molecule has 1 aliphatic heterocycles. The van der Waals surface area contributed by atoms with Crippen LogP contribution in [0.5, 0.6) is 0 Å². The second-order valence-electron chi connectivity index (χ2n) is 6.56. The Balaban J connectivity index is 1.91. The van der Waals surface area contributed by atoms with Crippen LogP contribution in [0.2, 0.25) is 0 Å². The quantitative estimate of drug-likeness (QED) is 0.826. The molecule has 1 aliphatic rings. The van der Waals surface area contributed by atoms with Gasteiger partial charge in [-0.25, -0.2) is 0 Å². The molecule has 7 heteroatoms. The third-order valence-corrected chi connectivity index (χ3v) is 4.57. The molecule has 3 atom stereocenters. The van der Waals surface area contributed by atoms with E-state index in [1.807, 2.05) is 49.3 Å². The van der Waals surface area contributed by atoms with E-state index in [4.69, 9.17) is 9.26 Å². The normalized spacial score (nSPS) is 21.7. The number of carbonyl (C=O) groups excluding carboxylic acids is 1. The van der Waals surface area contributed by atoms with Crippen molar-refractivity contribution in [2.75, 3.05) is 27.7 Å². The number of amides is 1. The average molecular weight is 344 g/mol. The third-order valence-electron chi connectivity index (χ3n) is 4.57. The van der Waals surface area contributed by atoms with E-state index in [1.165, 1.54) is 0 Å². The summed E-state index contributed by atoms with van der Waals surface area (Å²) in [7, 11) is 5.48. The lowest BCUT2D eigenvalue weighted by Crippen LogP contribution is -2.41. The van der Waals surface area contributed by atoms with Crippen LogP contribution in [0, 0.1) is 6.92 Å². The minimum Gasteiger partial charge on any atom is -0.380 e. The van der Waals surface area contributed by atoms with Crippen molar-refractivity contribution in [3.05, 3.63) is 47.6 Å². The smallest absolute Gasteiger partial charge is 0.249 e. The molecule has 1 saturated heterocycles. The fourth-order valence-electron chi connectivity index (χ4n) is 3.35. The fraction of sp³-hybridized carbons (Fsp3) is 0.500. The number of rotatable bonds is 5. The summed E-state index contributed by atoms with van der Waals surface area (Å²) < 4.78 is 10.8. The molecule has 2 heterocycles. The summed E-state index contributed by atoms with van der Waals surface area (Å²) in [4.78, 5) is 21.4. The fourth-order valence-corrected chi connectivity index (χ4v) is 3.35. The molecule has 3 rings (SSSR count).